The van der Waals surface area contributed by atoms with Gasteiger partial charge in [-0.25, -0.2) is 0 Å². The van der Waals surface area contributed by atoms with Gasteiger partial charge in [0.05, 0.1) is 12.5 Å². The van der Waals surface area contributed by atoms with Crippen molar-refractivity contribution < 1.29 is 9.21 Å². The highest BCUT2D eigenvalue weighted by Crippen LogP contribution is 2.13. The number of benzene rings is 1. The van der Waals surface area contributed by atoms with E-state index in [4.69, 9.17) is 9.68 Å². The molecule has 0 aliphatic carbocycles. The molecule has 0 fully saturated rings. The summed E-state index contributed by atoms with van der Waals surface area (Å²) in [5.74, 6) is 0.628. The number of nitrogens with zero attached hydrogens (tertiary/aromatic N) is 1. The molecule has 2 rings (SSSR count). The van der Waals surface area contributed by atoms with Gasteiger partial charge in [-0.15, -0.1) is 0 Å². The number of hydrogen-bond donors (Lipinski definition) is 0. The highest BCUT2D eigenvalue weighted by molar-refractivity contribution is 6.07. The maximum Gasteiger partial charge on any atom is 0.228 e. The van der Waals surface area contributed by atoms with Crippen LogP contribution in [-0.2, 0) is 6.42 Å². The molecular weight excluding hydrogens is 202 g/mol. The quantitative estimate of drug-likeness (QED) is 0.733. The second kappa shape index (κ2) is 4.45. The normalized spacial score (nSPS) is 9.69. The molecule has 0 amide bonds. The minimum Gasteiger partial charge on any atom is -0.456 e. The van der Waals surface area contributed by atoms with E-state index in [1.54, 1.807) is 36.4 Å². The number of carbonyl (C=O) groups excluding carboxylic acids is 1. The molecular formula is C13H9NO2. The van der Waals surface area contributed by atoms with Crippen LogP contribution in [0.5, 0.6) is 0 Å². The second-order valence-corrected chi connectivity index (χ2v) is 3.30. The van der Waals surface area contributed by atoms with Crippen molar-refractivity contribution in [2.75, 3.05) is 0 Å². The lowest BCUT2D eigenvalue weighted by atomic mass is 10.1. The van der Waals surface area contributed by atoms with Crippen LogP contribution in [0.15, 0.2) is 46.9 Å². The zero-order chi connectivity index (χ0) is 11.4. The maximum atomic E-state index is 11.9. The Balaban J connectivity index is 2.25. The van der Waals surface area contributed by atoms with Crippen molar-refractivity contribution >= 4 is 5.78 Å². The van der Waals surface area contributed by atoms with Gasteiger partial charge in [0, 0.05) is 5.56 Å². The summed E-state index contributed by atoms with van der Waals surface area (Å²) in [5.41, 5.74) is 0.584. The number of furan rings is 1. The Morgan fingerprint density at radius 3 is 2.62 bits per heavy atom. The number of ketones is 1. The van der Waals surface area contributed by atoms with E-state index in [-0.39, 0.29) is 18.0 Å². The fourth-order valence-electron chi connectivity index (χ4n) is 1.40. The third kappa shape index (κ3) is 2.01. The Bertz CT molecular complexity index is 535. The van der Waals surface area contributed by atoms with Crippen molar-refractivity contribution in [2.24, 2.45) is 0 Å². The molecule has 3 heteroatoms. The van der Waals surface area contributed by atoms with Crippen LogP contribution < -0.4 is 0 Å². The standard InChI is InChI=1S/C13H9NO2/c14-9-8-11-6-7-12(16-11)13(15)10-4-2-1-3-5-10/h1-7H,8H2. The molecule has 16 heavy (non-hydrogen) atoms. The summed E-state index contributed by atoms with van der Waals surface area (Å²) >= 11 is 0. The molecule has 1 aromatic carbocycles. The van der Waals surface area contributed by atoms with Crippen molar-refractivity contribution in [3.05, 3.63) is 59.5 Å². The van der Waals surface area contributed by atoms with Crippen molar-refractivity contribution in [1.29, 1.82) is 5.26 Å². The molecule has 1 heterocycles. The molecule has 78 valence electrons. The minimum atomic E-state index is -0.162. The number of hydrogen-bond acceptors (Lipinski definition) is 3. The van der Waals surface area contributed by atoms with Crippen molar-refractivity contribution in [2.45, 2.75) is 6.42 Å². The smallest absolute Gasteiger partial charge is 0.228 e. The Hall–Kier alpha value is -2.34. The van der Waals surface area contributed by atoms with Gasteiger partial charge in [0.15, 0.2) is 5.76 Å². The summed E-state index contributed by atoms with van der Waals surface area (Å²) in [5, 5.41) is 8.49. The van der Waals surface area contributed by atoms with Gasteiger partial charge in [-0.2, -0.15) is 5.26 Å². The largest absolute Gasteiger partial charge is 0.456 e. The van der Waals surface area contributed by atoms with Crippen LogP contribution in [0.3, 0.4) is 0 Å². The summed E-state index contributed by atoms with van der Waals surface area (Å²) in [6.45, 7) is 0. The summed E-state index contributed by atoms with van der Waals surface area (Å²) < 4.78 is 5.27. The highest BCUT2D eigenvalue weighted by atomic mass is 16.3. The van der Waals surface area contributed by atoms with E-state index in [2.05, 4.69) is 0 Å². The molecule has 0 unspecified atom stereocenters. The molecule has 0 aliphatic heterocycles. The Kier molecular flexibility index (Phi) is 2.84. The van der Waals surface area contributed by atoms with Crippen LogP contribution in [0.25, 0.3) is 0 Å². The Morgan fingerprint density at radius 1 is 1.19 bits per heavy atom. The van der Waals surface area contributed by atoms with E-state index in [1.807, 2.05) is 12.1 Å². The van der Waals surface area contributed by atoms with Gasteiger partial charge in [0.1, 0.15) is 5.76 Å². The summed E-state index contributed by atoms with van der Waals surface area (Å²) in [7, 11) is 0. The highest BCUT2D eigenvalue weighted by Gasteiger charge is 2.12. The van der Waals surface area contributed by atoms with Crippen LogP contribution in [-0.4, -0.2) is 5.78 Å². The summed E-state index contributed by atoms with van der Waals surface area (Å²) in [4.78, 5) is 11.9. The van der Waals surface area contributed by atoms with E-state index in [0.717, 1.165) is 0 Å². The molecule has 0 N–H and O–H groups in total. The fraction of sp³-hybridized carbons (Fsp3) is 0.0769. The molecule has 0 aliphatic rings. The minimum absolute atomic E-state index is 0.162. The lowest BCUT2D eigenvalue weighted by Gasteiger charge is -1.96. The predicted molar refractivity (Wildman–Crippen MR) is 57.9 cm³/mol. The Morgan fingerprint density at radius 2 is 1.94 bits per heavy atom. The average molecular weight is 211 g/mol. The second-order valence-electron chi connectivity index (χ2n) is 3.30. The fourth-order valence-corrected chi connectivity index (χ4v) is 1.40. The monoisotopic (exact) mass is 211 g/mol. The molecule has 1 aromatic heterocycles. The maximum absolute atomic E-state index is 11.9. The first-order valence-electron chi connectivity index (χ1n) is 4.86. The van der Waals surface area contributed by atoms with E-state index in [9.17, 15) is 4.79 Å². The number of carbonyl (C=O) groups is 1. The molecule has 0 saturated carbocycles. The first kappa shape index (κ1) is 10.2. The molecule has 0 radical (unpaired) electrons. The van der Waals surface area contributed by atoms with E-state index >= 15 is 0 Å². The Labute approximate surface area is 92.9 Å². The SMILES string of the molecule is N#CCc1ccc(C(=O)c2ccccc2)o1. The molecule has 3 nitrogen and oxygen atoms in total. The molecule has 0 saturated heterocycles. The molecule has 0 atom stereocenters. The molecule has 2 aromatic rings. The first-order chi connectivity index (χ1) is 7.81. The van der Waals surface area contributed by atoms with Gasteiger partial charge in [-0.3, -0.25) is 4.79 Å². The van der Waals surface area contributed by atoms with Crippen molar-refractivity contribution in [1.82, 2.24) is 0 Å². The van der Waals surface area contributed by atoms with E-state index in [0.29, 0.717) is 11.3 Å². The van der Waals surface area contributed by atoms with Gasteiger partial charge in [-0.1, -0.05) is 30.3 Å². The van der Waals surface area contributed by atoms with Crippen molar-refractivity contribution in [3.63, 3.8) is 0 Å². The van der Waals surface area contributed by atoms with Gasteiger partial charge in [0.2, 0.25) is 5.78 Å². The average Bonchev–Trinajstić information content (AvgIpc) is 2.78. The van der Waals surface area contributed by atoms with E-state index in [1.165, 1.54) is 0 Å². The third-order valence-corrected chi connectivity index (χ3v) is 2.17. The predicted octanol–water partition coefficient (Wildman–Crippen LogP) is 2.58. The lowest BCUT2D eigenvalue weighted by molar-refractivity contribution is 0.101. The van der Waals surface area contributed by atoms with Crippen LogP contribution in [0, 0.1) is 11.3 Å². The number of nitriles is 1. The lowest BCUT2D eigenvalue weighted by Crippen LogP contribution is -1.98. The van der Waals surface area contributed by atoms with Gasteiger partial charge in [0.25, 0.3) is 0 Å². The zero-order valence-electron chi connectivity index (χ0n) is 8.51. The first-order valence-corrected chi connectivity index (χ1v) is 4.86. The van der Waals surface area contributed by atoms with Gasteiger partial charge in [-0.05, 0) is 12.1 Å². The van der Waals surface area contributed by atoms with Gasteiger partial charge >= 0.3 is 0 Å². The zero-order valence-corrected chi connectivity index (χ0v) is 8.51. The summed E-state index contributed by atoms with van der Waals surface area (Å²) in [6.07, 6.45) is 0.183. The van der Waals surface area contributed by atoms with E-state index < -0.39 is 0 Å². The van der Waals surface area contributed by atoms with Crippen LogP contribution in [0.1, 0.15) is 21.9 Å². The van der Waals surface area contributed by atoms with Crippen molar-refractivity contribution in [3.8, 4) is 6.07 Å². The van der Waals surface area contributed by atoms with Crippen LogP contribution in [0.4, 0.5) is 0 Å². The number of rotatable bonds is 3. The topological polar surface area (TPSA) is 54.0 Å². The summed E-state index contributed by atoms with van der Waals surface area (Å²) in [6, 6.07) is 14.1. The molecule has 0 spiro atoms. The van der Waals surface area contributed by atoms with Crippen LogP contribution >= 0.6 is 0 Å². The van der Waals surface area contributed by atoms with Crippen LogP contribution in [0.2, 0.25) is 0 Å². The third-order valence-electron chi connectivity index (χ3n) is 2.17. The van der Waals surface area contributed by atoms with Gasteiger partial charge < -0.3 is 4.42 Å². The molecule has 0 bridgehead atoms.